The summed E-state index contributed by atoms with van der Waals surface area (Å²) in [7, 11) is 0. The first-order chi connectivity index (χ1) is 8.31. The summed E-state index contributed by atoms with van der Waals surface area (Å²) in [5.74, 6) is 1.23. The minimum Gasteiger partial charge on any atom is -0.396 e. The summed E-state index contributed by atoms with van der Waals surface area (Å²) >= 11 is 0. The molecule has 0 saturated heterocycles. The standard InChI is InChI=1S/C13H21N3O/c1-10(8-17)7-14-13-11-5-3-2-4-6-12(11)15-9-16-13/h9-10,17H,2-8H2,1H3,(H,14,15,16). The van der Waals surface area contributed by atoms with E-state index in [2.05, 4.69) is 15.3 Å². The van der Waals surface area contributed by atoms with Crippen molar-refractivity contribution in [2.75, 3.05) is 18.5 Å². The fourth-order valence-corrected chi connectivity index (χ4v) is 2.19. The van der Waals surface area contributed by atoms with Gasteiger partial charge < -0.3 is 10.4 Å². The molecule has 0 bridgehead atoms. The minimum atomic E-state index is 0.209. The highest BCUT2D eigenvalue weighted by molar-refractivity contribution is 5.46. The lowest BCUT2D eigenvalue weighted by Crippen LogP contribution is -2.17. The molecule has 1 aliphatic rings. The average molecular weight is 235 g/mol. The molecule has 0 amide bonds. The van der Waals surface area contributed by atoms with Gasteiger partial charge in [-0.3, -0.25) is 0 Å². The van der Waals surface area contributed by atoms with Crippen LogP contribution in [0.1, 0.15) is 37.4 Å². The molecule has 0 aliphatic heterocycles. The molecule has 1 unspecified atom stereocenters. The van der Waals surface area contributed by atoms with Gasteiger partial charge in [0.15, 0.2) is 0 Å². The van der Waals surface area contributed by atoms with Crippen molar-refractivity contribution in [3.05, 3.63) is 17.6 Å². The maximum absolute atomic E-state index is 9.02. The van der Waals surface area contributed by atoms with Crippen molar-refractivity contribution in [2.24, 2.45) is 5.92 Å². The second-order valence-electron chi connectivity index (χ2n) is 4.88. The molecule has 1 aromatic rings. The Labute approximate surface area is 102 Å². The van der Waals surface area contributed by atoms with Gasteiger partial charge in [-0.05, 0) is 31.6 Å². The van der Waals surface area contributed by atoms with Crippen LogP contribution in [0.25, 0.3) is 0 Å². The number of anilines is 1. The Hall–Kier alpha value is -1.16. The smallest absolute Gasteiger partial charge is 0.132 e. The number of rotatable bonds is 4. The third kappa shape index (κ3) is 3.16. The fraction of sp³-hybridized carbons (Fsp3) is 0.692. The molecule has 1 atom stereocenters. The predicted molar refractivity (Wildman–Crippen MR) is 68.0 cm³/mol. The second kappa shape index (κ2) is 5.96. The van der Waals surface area contributed by atoms with Crippen LogP contribution in [-0.2, 0) is 12.8 Å². The maximum atomic E-state index is 9.02. The van der Waals surface area contributed by atoms with E-state index in [4.69, 9.17) is 5.11 Å². The molecule has 2 N–H and O–H groups in total. The molecule has 0 aromatic carbocycles. The lowest BCUT2D eigenvalue weighted by Gasteiger charge is -2.14. The van der Waals surface area contributed by atoms with E-state index in [-0.39, 0.29) is 12.5 Å². The summed E-state index contributed by atoms with van der Waals surface area (Å²) in [6, 6.07) is 0. The molecule has 94 valence electrons. The molecule has 1 heterocycles. The molecule has 4 heteroatoms. The number of aliphatic hydroxyl groups excluding tert-OH is 1. The zero-order valence-electron chi connectivity index (χ0n) is 10.4. The van der Waals surface area contributed by atoms with Crippen LogP contribution in [0.15, 0.2) is 6.33 Å². The molecular formula is C13H21N3O. The first-order valence-corrected chi connectivity index (χ1v) is 6.48. The Kier molecular flexibility index (Phi) is 4.31. The van der Waals surface area contributed by atoms with Gasteiger partial charge in [-0.15, -0.1) is 0 Å². The molecule has 1 aromatic heterocycles. The van der Waals surface area contributed by atoms with Gasteiger partial charge in [-0.2, -0.15) is 0 Å². The van der Waals surface area contributed by atoms with Crippen LogP contribution in [0.5, 0.6) is 0 Å². The van der Waals surface area contributed by atoms with Crippen LogP contribution >= 0.6 is 0 Å². The lowest BCUT2D eigenvalue weighted by molar-refractivity contribution is 0.244. The van der Waals surface area contributed by atoms with Gasteiger partial charge in [0.1, 0.15) is 12.1 Å². The van der Waals surface area contributed by atoms with Crippen molar-refractivity contribution in [1.82, 2.24) is 9.97 Å². The highest BCUT2D eigenvalue weighted by Gasteiger charge is 2.14. The summed E-state index contributed by atoms with van der Waals surface area (Å²) in [6.45, 7) is 2.99. The fourth-order valence-electron chi connectivity index (χ4n) is 2.19. The monoisotopic (exact) mass is 235 g/mol. The van der Waals surface area contributed by atoms with Gasteiger partial charge in [-0.1, -0.05) is 13.3 Å². The lowest BCUT2D eigenvalue weighted by atomic mass is 10.1. The summed E-state index contributed by atoms with van der Waals surface area (Å²) < 4.78 is 0. The van der Waals surface area contributed by atoms with E-state index in [1.165, 1.54) is 30.5 Å². The van der Waals surface area contributed by atoms with Gasteiger partial charge in [0.05, 0.1) is 0 Å². The molecule has 2 rings (SSSR count). The number of aryl methyl sites for hydroxylation is 1. The van der Waals surface area contributed by atoms with Crippen molar-refractivity contribution < 1.29 is 5.11 Å². The van der Waals surface area contributed by atoms with Crippen molar-refractivity contribution in [2.45, 2.75) is 39.0 Å². The Balaban J connectivity index is 2.11. The summed E-state index contributed by atoms with van der Waals surface area (Å²) in [5.41, 5.74) is 2.49. The van der Waals surface area contributed by atoms with Gasteiger partial charge in [-0.25, -0.2) is 9.97 Å². The number of fused-ring (bicyclic) bond motifs is 1. The molecule has 0 spiro atoms. The minimum absolute atomic E-state index is 0.209. The number of hydrogen-bond donors (Lipinski definition) is 2. The van der Waals surface area contributed by atoms with E-state index in [1.54, 1.807) is 6.33 Å². The third-order valence-corrected chi connectivity index (χ3v) is 3.30. The van der Waals surface area contributed by atoms with Crippen molar-refractivity contribution in [1.29, 1.82) is 0 Å². The summed E-state index contributed by atoms with van der Waals surface area (Å²) in [4.78, 5) is 8.72. The van der Waals surface area contributed by atoms with Gasteiger partial charge in [0.25, 0.3) is 0 Å². The van der Waals surface area contributed by atoms with E-state index in [0.717, 1.165) is 25.2 Å². The topological polar surface area (TPSA) is 58.0 Å². The number of nitrogens with zero attached hydrogens (tertiary/aromatic N) is 2. The van der Waals surface area contributed by atoms with Crippen molar-refractivity contribution in [3.63, 3.8) is 0 Å². The number of aromatic nitrogens is 2. The number of hydrogen-bond acceptors (Lipinski definition) is 4. The first kappa shape index (κ1) is 12.3. The van der Waals surface area contributed by atoms with Crippen LogP contribution in [0, 0.1) is 5.92 Å². The van der Waals surface area contributed by atoms with Crippen LogP contribution in [0.2, 0.25) is 0 Å². The van der Waals surface area contributed by atoms with Gasteiger partial charge in [0.2, 0.25) is 0 Å². The molecule has 4 nitrogen and oxygen atoms in total. The highest BCUT2D eigenvalue weighted by Crippen LogP contribution is 2.23. The summed E-state index contributed by atoms with van der Waals surface area (Å²) in [6.07, 6.45) is 7.54. The van der Waals surface area contributed by atoms with Crippen LogP contribution in [-0.4, -0.2) is 28.2 Å². The zero-order chi connectivity index (χ0) is 12.1. The summed E-state index contributed by atoms with van der Waals surface area (Å²) in [5, 5.41) is 12.4. The van der Waals surface area contributed by atoms with E-state index in [0.29, 0.717) is 0 Å². The Morgan fingerprint density at radius 2 is 2.12 bits per heavy atom. The van der Waals surface area contributed by atoms with Crippen LogP contribution in [0.4, 0.5) is 5.82 Å². The Morgan fingerprint density at radius 3 is 2.94 bits per heavy atom. The molecule has 0 saturated carbocycles. The maximum Gasteiger partial charge on any atom is 0.132 e. The average Bonchev–Trinajstić information content (AvgIpc) is 2.61. The van der Waals surface area contributed by atoms with Gasteiger partial charge in [0, 0.05) is 24.4 Å². The molecular weight excluding hydrogens is 214 g/mol. The Morgan fingerprint density at radius 1 is 1.29 bits per heavy atom. The Bertz CT molecular complexity index is 368. The zero-order valence-corrected chi connectivity index (χ0v) is 10.4. The number of aliphatic hydroxyl groups is 1. The predicted octanol–water partition coefficient (Wildman–Crippen LogP) is 1.79. The first-order valence-electron chi connectivity index (χ1n) is 6.48. The molecule has 17 heavy (non-hydrogen) atoms. The third-order valence-electron chi connectivity index (χ3n) is 3.30. The highest BCUT2D eigenvalue weighted by atomic mass is 16.3. The SMILES string of the molecule is CC(CO)CNc1ncnc2c1CCCCC2. The van der Waals surface area contributed by atoms with Crippen molar-refractivity contribution in [3.8, 4) is 0 Å². The van der Waals surface area contributed by atoms with E-state index < -0.39 is 0 Å². The molecule has 0 radical (unpaired) electrons. The largest absolute Gasteiger partial charge is 0.396 e. The van der Waals surface area contributed by atoms with E-state index in [9.17, 15) is 0 Å². The second-order valence-corrected chi connectivity index (χ2v) is 4.88. The van der Waals surface area contributed by atoms with Crippen molar-refractivity contribution >= 4 is 5.82 Å². The van der Waals surface area contributed by atoms with Crippen LogP contribution in [0.3, 0.4) is 0 Å². The van der Waals surface area contributed by atoms with E-state index >= 15 is 0 Å². The quantitative estimate of drug-likeness (QED) is 0.781. The van der Waals surface area contributed by atoms with Crippen LogP contribution < -0.4 is 5.32 Å². The molecule has 1 aliphatic carbocycles. The van der Waals surface area contributed by atoms with E-state index in [1.807, 2.05) is 6.92 Å². The van der Waals surface area contributed by atoms with Gasteiger partial charge >= 0.3 is 0 Å². The molecule has 0 fully saturated rings. The number of nitrogens with one attached hydrogen (secondary N) is 1. The normalized spacial score (nSPS) is 17.1.